The van der Waals surface area contributed by atoms with Gasteiger partial charge in [0.15, 0.2) is 0 Å². The molecule has 2 rings (SSSR count). The zero-order valence-corrected chi connectivity index (χ0v) is 11.8. The number of halogens is 2. The lowest BCUT2D eigenvalue weighted by Gasteiger charge is -2.35. The van der Waals surface area contributed by atoms with Gasteiger partial charge in [-0.3, -0.25) is 4.90 Å². The minimum Gasteiger partial charge on any atom is -0.374 e. The molecule has 0 aromatic carbocycles. The summed E-state index contributed by atoms with van der Waals surface area (Å²) in [6.45, 7) is 7.40. The molecule has 0 bridgehead atoms. The number of hydrogen-bond acceptors (Lipinski definition) is 2. The van der Waals surface area contributed by atoms with E-state index >= 15 is 0 Å². The Bertz CT molecular complexity index is 306. The van der Waals surface area contributed by atoms with Gasteiger partial charge in [-0.15, -0.1) is 0 Å². The molecule has 0 aromatic rings. The van der Waals surface area contributed by atoms with Crippen LogP contribution in [0.1, 0.15) is 52.9 Å². The molecule has 2 aliphatic rings. The van der Waals surface area contributed by atoms with Crippen LogP contribution in [0.15, 0.2) is 0 Å². The monoisotopic (exact) mass is 261 g/mol. The van der Waals surface area contributed by atoms with Gasteiger partial charge < -0.3 is 4.74 Å². The molecule has 0 spiro atoms. The molecular weight excluding hydrogens is 236 g/mol. The Balaban J connectivity index is 1.99. The van der Waals surface area contributed by atoms with Crippen molar-refractivity contribution in [2.75, 3.05) is 19.7 Å². The summed E-state index contributed by atoms with van der Waals surface area (Å²) in [4.78, 5) is 1.95. The average molecular weight is 261 g/mol. The smallest absolute Gasteiger partial charge is 0.262 e. The van der Waals surface area contributed by atoms with E-state index in [-0.39, 0.29) is 18.6 Å². The second-order valence-electron chi connectivity index (χ2n) is 6.58. The third-order valence-corrected chi connectivity index (χ3v) is 4.33. The van der Waals surface area contributed by atoms with E-state index in [0.29, 0.717) is 6.61 Å². The SMILES string of the molecule is CCCC(C)(C)OCC12CCCN1CC(F)(F)C2. The summed E-state index contributed by atoms with van der Waals surface area (Å²) >= 11 is 0. The van der Waals surface area contributed by atoms with Gasteiger partial charge in [-0.1, -0.05) is 13.3 Å². The molecule has 106 valence electrons. The van der Waals surface area contributed by atoms with Crippen LogP contribution in [0.4, 0.5) is 8.78 Å². The molecule has 18 heavy (non-hydrogen) atoms. The topological polar surface area (TPSA) is 12.5 Å². The molecule has 1 atom stereocenters. The Labute approximate surface area is 109 Å². The second kappa shape index (κ2) is 4.71. The van der Waals surface area contributed by atoms with Crippen molar-refractivity contribution in [3.63, 3.8) is 0 Å². The Morgan fingerprint density at radius 3 is 2.72 bits per heavy atom. The summed E-state index contributed by atoms with van der Waals surface area (Å²) in [7, 11) is 0. The lowest BCUT2D eigenvalue weighted by Crippen LogP contribution is -2.45. The Morgan fingerprint density at radius 2 is 2.06 bits per heavy atom. The quantitative estimate of drug-likeness (QED) is 0.751. The van der Waals surface area contributed by atoms with Crippen molar-refractivity contribution in [3.8, 4) is 0 Å². The lowest BCUT2D eigenvalue weighted by molar-refractivity contribution is -0.0700. The third-order valence-electron chi connectivity index (χ3n) is 4.33. The Hall–Kier alpha value is -0.220. The molecule has 0 N–H and O–H groups in total. The van der Waals surface area contributed by atoms with Crippen molar-refractivity contribution >= 4 is 0 Å². The van der Waals surface area contributed by atoms with Gasteiger partial charge in [-0.2, -0.15) is 0 Å². The van der Waals surface area contributed by atoms with E-state index in [1.54, 1.807) is 0 Å². The van der Waals surface area contributed by atoms with Crippen LogP contribution in [0.3, 0.4) is 0 Å². The number of ether oxygens (including phenoxy) is 1. The van der Waals surface area contributed by atoms with Gasteiger partial charge in [0.25, 0.3) is 5.92 Å². The van der Waals surface area contributed by atoms with Crippen molar-refractivity contribution in [1.29, 1.82) is 0 Å². The Kier molecular flexibility index (Phi) is 3.72. The number of rotatable bonds is 5. The maximum absolute atomic E-state index is 13.6. The first-order chi connectivity index (χ1) is 8.29. The summed E-state index contributed by atoms with van der Waals surface area (Å²) < 4.78 is 33.1. The fourth-order valence-corrected chi connectivity index (χ4v) is 3.48. The van der Waals surface area contributed by atoms with Crippen LogP contribution in [0.25, 0.3) is 0 Å². The van der Waals surface area contributed by atoms with E-state index < -0.39 is 11.5 Å². The van der Waals surface area contributed by atoms with Crippen LogP contribution >= 0.6 is 0 Å². The summed E-state index contributed by atoms with van der Waals surface area (Å²) in [5.74, 6) is -2.53. The maximum Gasteiger partial charge on any atom is 0.262 e. The number of nitrogens with zero attached hydrogens (tertiary/aromatic N) is 1. The van der Waals surface area contributed by atoms with E-state index in [1.807, 2.05) is 4.90 Å². The molecule has 2 nitrogen and oxygen atoms in total. The van der Waals surface area contributed by atoms with E-state index in [2.05, 4.69) is 20.8 Å². The molecule has 2 heterocycles. The standard InChI is InChI=1S/C14H25F2NO/c1-4-6-12(2,3)18-11-13-7-5-8-17(13)10-14(15,16)9-13/h4-11H2,1-3H3. The molecule has 4 heteroatoms. The molecule has 2 aliphatic heterocycles. The zero-order valence-electron chi connectivity index (χ0n) is 11.8. The van der Waals surface area contributed by atoms with Crippen LogP contribution in [0, 0.1) is 0 Å². The van der Waals surface area contributed by atoms with Crippen LogP contribution in [0.2, 0.25) is 0 Å². The summed E-state index contributed by atoms with van der Waals surface area (Å²) in [5.41, 5.74) is -0.593. The second-order valence-corrected chi connectivity index (χ2v) is 6.58. The summed E-state index contributed by atoms with van der Waals surface area (Å²) in [6.07, 6.45) is 3.87. The zero-order chi connectivity index (χ0) is 13.4. The molecule has 0 aliphatic carbocycles. The highest BCUT2D eigenvalue weighted by atomic mass is 19.3. The number of alkyl halides is 2. The predicted octanol–water partition coefficient (Wildman–Crippen LogP) is 3.46. The highest BCUT2D eigenvalue weighted by Gasteiger charge is 2.56. The van der Waals surface area contributed by atoms with Gasteiger partial charge in [-0.05, 0) is 39.7 Å². The first-order valence-corrected chi connectivity index (χ1v) is 7.06. The summed E-state index contributed by atoms with van der Waals surface area (Å²) in [6, 6.07) is 0. The van der Waals surface area contributed by atoms with Gasteiger partial charge in [0.2, 0.25) is 0 Å². The third kappa shape index (κ3) is 2.85. The number of hydrogen-bond donors (Lipinski definition) is 0. The normalized spacial score (nSPS) is 31.8. The average Bonchev–Trinajstić information content (AvgIpc) is 2.67. The van der Waals surface area contributed by atoms with E-state index in [9.17, 15) is 8.78 Å². The fraction of sp³-hybridized carbons (Fsp3) is 1.00. The largest absolute Gasteiger partial charge is 0.374 e. The van der Waals surface area contributed by atoms with E-state index in [4.69, 9.17) is 4.74 Å². The van der Waals surface area contributed by atoms with E-state index in [0.717, 1.165) is 32.2 Å². The minimum absolute atomic E-state index is 0.0256. The first-order valence-electron chi connectivity index (χ1n) is 7.06. The van der Waals surface area contributed by atoms with Gasteiger partial charge in [0, 0.05) is 6.42 Å². The fourth-order valence-electron chi connectivity index (χ4n) is 3.48. The molecule has 0 amide bonds. The van der Waals surface area contributed by atoms with Crippen molar-refractivity contribution in [2.24, 2.45) is 0 Å². The first kappa shape index (κ1) is 14.2. The van der Waals surface area contributed by atoms with E-state index in [1.165, 1.54) is 0 Å². The minimum atomic E-state index is -2.53. The molecule has 0 saturated carbocycles. The predicted molar refractivity (Wildman–Crippen MR) is 68.0 cm³/mol. The van der Waals surface area contributed by atoms with Crippen molar-refractivity contribution in [2.45, 2.75) is 69.9 Å². The van der Waals surface area contributed by atoms with Gasteiger partial charge >= 0.3 is 0 Å². The molecule has 0 aromatic heterocycles. The molecule has 0 radical (unpaired) electrons. The van der Waals surface area contributed by atoms with Gasteiger partial charge in [0.1, 0.15) is 0 Å². The lowest BCUT2D eigenvalue weighted by atomic mass is 9.93. The Morgan fingerprint density at radius 1 is 1.33 bits per heavy atom. The maximum atomic E-state index is 13.6. The van der Waals surface area contributed by atoms with Crippen LogP contribution in [-0.2, 0) is 4.74 Å². The van der Waals surface area contributed by atoms with Crippen molar-refractivity contribution in [3.05, 3.63) is 0 Å². The number of fused-ring (bicyclic) bond motifs is 1. The molecular formula is C14H25F2NO. The van der Waals surface area contributed by atoms with Crippen LogP contribution in [-0.4, -0.2) is 41.7 Å². The molecule has 2 saturated heterocycles. The highest BCUT2D eigenvalue weighted by molar-refractivity contribution is 5.06. The van der Waals surface area contributed by atoms with Crippen molar-refractivity contribution in [1.82, 2.24) is 4.90 Å². The van der Waals surface area contributed by atoms with Crippen molar-refractivity contribution < 1.29 is 13.5 Å². The van der Waals surface area contributed by atoms with Gasteiger partial charge in [0.05, 0.1) is 24.3 Å². The van der Waals surface area contributed by atoms with Crippen LogP contribution < -0.4 is 0 Å². The summed E-state index contributed by atoms with van der Waals surface area (Å²) in [5, 5.41) is 0. The molecule has 2 fully saturated rings. The highest BCUT2D eigenvalue weighted by Crippen LogP contribution is 2.46. The molecule has 1 unspecified atom stereocenters. The van der Waals surface area contributed by atoms with Crippen LogP contribution in [0.5, 0.6) is 0 Å². The van der Waals surface area contributed by atoms with Gasteiger partial charge in [-0.25, -0.2) is 8.78 Å².